The molecule has 0 bridgehead atoms. The standard InChI is InChI=1S/C11H15ClN2O2S/c1-8-10(12)3-2-4-11(8)14-6-5-9(7-13)17(14,15)16/h2-4,9H,5-7,13H2,1H3/t9-/m0/s1. The van der Waals surface area contributed by atoms with Crippen LogP contribution in [0.1, 0.15) is 12.0 Å². The summed E-state index contributed by atoms with van der Waals surface area (Å²) >= 11 is 6.01. The molecule has 4 nitrogen and oxygen atoms in total. The van der Waals surface area contributed by atoms with Gasteiger partial charge in [0.05, 0.1) is 10.9 Å². The van der Waals surface area contributed by atoms with Crippen molar-refractivity contribution in [3.63, 3.8) is 0 Å². The van der Waals surface area contributed by atoms with Crippen LogP contribution in [-0.2, 0) is 10.0 Å². The Hall–Kier alpha value is -0.780. The molecule has 0 spiro atoms. The molecular formula is C11H15ClN2O2S. The van der Waals surface area contributed by atoms with Gasteiger partial charge in [0.25, 0.3) is 0 Å². The largest absolute Gasteiger partial charge is 0.329 e. The predicted molar refractivity (Wildman–Crippen MR) is 69.9 cm³/mol. The van der Waals surface area contributed by atoms with E-state index in [1.807, 2.05) is 6.92 Å². The van der Waals surface area contributed by atoms with Crippen molar-refractivity contribution in [2.24, 2.45) is 5.73 Å². The summed E-state index contributed by atoms with van der Waals surface area (Å²) in [6.07, 6.45) is 0.574. The fourth-order valence-corrected chi connectivity index (χ4v) is 4.09. The first-order chi connectivity index (χ1) is 7.98. The van der Waals surface area contributed by atoms with Crippen molar-refractivity contribution >= 4 is 27.3 Å². The molecule has 1 fully saturated rings. The quantitative estimate of drug-likeness (QED) is 0.889. The zero-order valence-electron chi connectivity index (χ0n) is 9.56. The summed E-state index contributed by atoms with van der Waals surface area (Å²) < 4.78 is 25.8. The van der Waals surface area contributed by atoms with Crippen molar-refractivity contribution in [1.29, 1.82) is 0 Å². The molecule has 1 heterocycles. The van der Waals surface area contributed by atoms with Crippen LogP contribution in [0.25, 0.3) is 0 Å². The third kappa shape index (κ3) is 2.03. The van der Waals surface area contributed by atoms with Crippen molar-refractivity contribution < 1.29 is 8.42 Å². The molecule has 0 amide bonds. The van der Waals surface area contributed by atoms with Gasteiger partial charge in [0.15, 0.2) is 0 Å². The van der Waals surface area contributed by atoms with E-state index < -0.39 is 15.3 Å². The van der Waals surface area contributed by atoms with Crippen molar-refractivity contribution in [1.82, 2.24) is 0 Å². The van der Waals surface area contributed by atoms with Crippen molar-refractivity contribution in [3.8, 4) is 0 Å². The lowest BCUT2D eigenvalue weighted by Crippen LogP contribution is -2.33. The van der Waals surface area contributed by atoms with E-state index in [2.05, 4.69) is 0 Å². The minimum atomic E-state index is -3.32. The van der Waals surface area contributed by atoms with E-state index >= 15 is 0 Å². The minimum Gasteiger partial charge on any atom is -0.329 e. The van der Waals surface area contributed by atoms with Crippen LogP contribution in [0.2, 0.25) is 5.02 Å². The van der Waals surface area contributed by atoms with Gasteiger partial charge in [-0.2, -0.15) is 0 Å². The first kappa shape index (κ1) is 12.7. The maximum atomic E-state index is 12.2. The summed E-state index contributed by atoms with van der Waals surface area (Å²) in [6.45, 7) is 2.47. The fourth-order valence-electron chi connectivity index (χ4n) is 2.08. The predicted octanol–water partition coefficient (Wildman–Crippen LogP) is 1.52. The number of sulfonamides is 1. The lowest BCUT2D eigenvalue weighted by Gasteiger charge is -2.21. The Balaban J connectivity index is 2.46. The van der Waals surface area contributed by atoms with Crippen molar-refractivity contribution in [2.45, 2.75) is 18.6 Å². The average Bonchev–Trinajstić information content (AvgIpc) is 2.57. The number of nitrogens with two attached hydrogens (primary N) is 1. The molecule has 0 saturated carbocycles. The number of benzene rings is 1. The summed E-state index contributed by atoms with van der Waals surface area (Å²) in [6, 6.07) is 5.29. The van der Waals surface area contributed by atoms with Gasteiger partial charge in [-0.3, -0.25) is 4.31 Å². The first-order valence-corrected chi connectivity index (χ1v) is 7.33. The van der Waals surface area contributed by atoms with Crippen LogP contribution in [0.5, 0.6) is 0 Å². The normalized spacial score (nSPS) is 23.0. The van der Waals surface area contributed by atoms with E-state index in [-0.39, 0.29) is 6.54 Å². The Morgan fingerprint density at radius 3 is 2.82 bits per heavy atom. The number of hydrogen-bond donors (Lipinski definition) is 1. The molecule has 6 heteroatoms. The van der Waals surface area contributed by atoms with Crippen LogP contribution in [-0.4, -0.2) is 26.8 Å². The minimum absolute atomic E-state index is 0.165. The monoisotopic (exact) mass is 274 g/mol. The van der Waals surface area contributed by atoms with Gasteiger partial charge in [-0.15, -0.1) is 0 Å². The summed E-state index contributed by atoms with van der Waals surface area (Å²) in [7, 11) is -3.32. The van der Waals surface area contributed by atoms with E-state index in [0.29, 0.717) is 23.7 Å². The van der Waals surface area contributed by atoms with Gasteiger partial charge >= 0.3 is 0 Å². The Kier molecular flexibility index (Phi) is 3.34. The Morgan fingerprint density at radius 2 is 2.24 bits per heavy atom. The lowest BCUT2D eigenvalue weighted by molar-refractivity contribution is 0.588. The lowest BCUT2D eigenvalue weighted by atomic mass is 10.2. The van der Waals surface area contributed by atoms with Crippen molar-refractivity contribution in [2.75, 3.05) is 17.4 Å². The van der Waals surface area contributed by atoms with E-state index in [9.17, 15) is 8.42 Å². The van der Waals surface area contributed by atoms with Crippen LogP contribution in [0.15, 0.2) is 18.2 Å². The molecule has 1 aromatic rings. The highest BCUT2D eigenvalue weighted by Gasteiger charge is 2.38. The number of hydrogen-bond acceptors (Lipinski definition) is 3. The zero-order valence-corrected chi connectivity index (χ0v) is 11.1. The number of halogens is 1. The molecule has 0 radical (unpaired) electrons. The molecule has 0 aliphatic carbocycles. The van der Waals surface area contributed by atoms with E-state index in [1.54, 1.807) is 18.2 Å². The molecular weight excluding hydrogens is 260 g/mol. The van der Waals surface area contributed by atoms with Crippen LogP contribution in [0.3, 0.4) is 0 Å². The fraction of sp³-hybridized carbons (Fsp3) is 0.455. The van der Waals surface area contributed by atoms with Gasteiger partial charge in [0.1, 0.15) is 0 Å². The summed E-state index contributed by atoms with van der Waals surface area (Å²) in [5, 5.41) is 0.106. The maximum Gasteiger partial charge on any atom is 0.239 e. The topological polar surface area (TPSA) is 63.4 Å². The van der Waals surface area contributed by atoms with Crippen LogP contribution < -0.4 is 10.0 Å². The van der Waals surface area contributed by atoms with Crippen LogP contribution in [0, 0.1) is 6.92 Å². The second-order valence-electron chi connectivity index (χ2n) is 4.15. The zero-order chi connectivity index (χ0) is 12.6. The summed E-state index contributed by atoms with van der Waals surface area (Å²) in [4.78, 5) is 0. The molecule has 17 heavy (non-hydrogen) atoms. The number of rotatable bonds is 2. The van der Waals surface area contributed by atoms with Crippen molar-refractivity contribution in [3.05, 3.63) is 28.8 Å². The molecule has 1 aromatic carbocycles. The average molecular weight is 275 g/mol. The number of nitrogens with zero attached hydrogens (tertiary/aromatic N) is 1. The maximum absolute atomic E-state index is 12.2. The third-order valence-electron chi connectivity index (χ3n) is 3.15. The van der Waals surface area contributed by atoms with Gasteiger partial charge in [-0.1, -0.05) is 17.7 Å². The molecule has 94 valence electrons. The highest BCUT2D eigenvalue weighted by Crippen LogP contribution is 2.33. The highest BCUT2D eigenvalue weighted by atomic mass is 35.5. The number of anilines is 1. The second kappa shape index (κ2) is 4.48. The molecule has 1 atom stereocenters. The smallest absolute Gasteiger partial charge is 0.239 e. The highest BCUT2D eigenvalue weighted by molar-refractivity contribution is 7.93. The first-order valence-electron chi connectivity index (χ1n) is 5.45. The molecule has 1 aliphatic rings. The molecule has 2 rings (SSSR count). The van der Waals surface area contributed by atoms with E-state index in [0.717, 1.165) is 5.56 Å². The van der Waals surface area contributed by atoms with E-state index in [4.69, 9.17) is 17.3 Å². The third-order valence-corrected chi connectivity index (χ3v) is 5.83. The van der Waals surface area contributed by atoms with Gasteiger partial charge in [0, 0.05) is 18.1 Å². The molecule has 0 aromatic heterocycles. The van der Waals surface area contributed by atoms with Gasteiger partial charge in [-0.25, -0.2) is 8.42 Å². The molecule has 1 aliphatic heterocycles. The molecule has 0 unspecified atom stereocenters. The van der Waals surface area contributed by atoms with Crippen LogP contribution in [0.4, 0.5) is 5.69 Å². The summed E-state index contributed by atoms with van der Waals surface area (Å²) in [5.74, 6) is 0. The van der Waals surface area contributed by atoms with Gasteiger partial charge in [-0.05, 0) is 31.0 Å². The Morgan fingerprint density at radius 1 is 1.53 bits per heavy atom. The second-order valence-corrected chi connectivity index (χ2v) is 6.69. The van der Waals surface area contributed by atoms with Gasteiger partial charge in [0.2, 0.25) is 10.0 Å². The molecule has 1 saturated heterocycles. The molecule has 2 N–H and O–H groups in total. The Labute approximate surface area is 106 Å². The van der Waals surface area contributed by atoms with Crippen LogP contribution >= 0.6 is 11.6 Å². The van der Waals surface area contributed by atoms with Gasteiger partial charge < -0.3 is 5.73 Å². The Bertz CT molecular complexity index is 530. The summed E-state index contributed by atoms with van der Waals surface area (Å²) in [5.41, 5.74) is 6.93. The SMILES string of the molecule is Cc1c(Cl)cccc1N1CC[C@@H](CN)S1(=O)=O. The van der Waals surface area contributed by atoms with E-state index in [1.165, 1.54) is 4.31 Å².